The van der Waals surface area contributed by atoms with Gasteiger partial charge in [0.2, 0.25) is 5.91 Å². The van der Waals surface area contributed by atoms with Gasteiger partial charge in [-0.2, -0.15) is 0 Å². The first kappa shape index (κ1) is 26.3. The topological polar surface area (TPSA) is 123 Å². The number of carbonyl (C=O) groups is 4. The maximum absolute atomic E-state index is 12.6. The van der Waals surface area contributed by atoms with E-state index in [1.54, 1.807) is 25.1 Å². The molecule has 186 valence electrons. The van der Waals surface area contributed by atoms with E-state index in [1.807, 2.05) is 0 Å². The van der Waals surface area contributed by atoms with Crippen LogP contribution in [-0.4, -0.2) is 56.1 Å². The van der Waals surface area contributed by atoms with Crippen LogP contribution in [0.5, 0.6) is 11.5 Å². The third kappa shape index (κ3) is 6.43. The number of rotatable bonds is 8. The molecule has 1 fully saturated rings. The molecule has 0 bridgehead atoms. The third-order valence-electron chi connectivity index (χ3n) is 5.27. The number of hydrogen-bond donors (Lipinski definition) is 2. The van der Waals surface area contributed by atoms with Crippen LogP contribution < -0.4 is 20.2 Å². The summed E-state index contributed by atoms with van der Waals surface area (Å²) in [7, 11) is 2.90. The van der Waals surface area contributed by atoms with Gasteiger partial charge in [-0.05, 0) is 52.7 Å². The predicted molar refractivity (Wildman–Crippen MR) is 130 cm³/mol. The second-order valence-electron chi connectivity index (χ2n) is 7.64. The minimum Gasteiger partial charge on any atom is -0.497 e. The molecule has 0 aliphatic carbocycles. The summed E-state index contributed by atoms with van der Waals surface area (Å²) >= 11 is 9.45. The van der Waals surface area contributed by atoms with Crippen LogP contribution in [0.3, 0.4) is 0 Å². The van der Waals surface area contributed by atoms with Crippen molar-refractivity contribution < 1.29 is 33.4 Å². The van der Waals surface area contributed by atoms with Crippen LogP contribution in [0.1, 0.15) is 22.3 Å². The quantitative estimate of drug-likeness (QED) is 0.469. The van der Waals surface area contributed by atoms with Gasteiger partial charge in [-0.3, -0.25) is 29.6 Å². The normalized spacial score (nSPS) is 14.9. The molecule has 35 heavy (non-hydrogen) atoms. The SMILES string of the molecule is COc1cc(OC)cc(C(=O)NN2C[C@H](C(=O)OCC(=O)Nc3ccc(Br)c(Cl)c3C)CC2=O)c1. The highest BCUT2D eigenvalue weighted by Gasteiger charge is 2.37. The van der Waals surface area contributed by atoms with Crippen LogP contribution in [-0.2, 0) is 19.1 Å². The summed E-state index contributed by atoms with van der Waals surface area (Å²) in [6.07, 6.45) is -0.163. The first-order valence-corrected chi connectivity index (χ1v) is 11.6. The number of nitrogens with one attached hydrogen (secondary N) is 2. The Morgan fingerprint density at radius 3 is 2.43 bits per heavy atom. The lowest BCUT2D eigenvalue weighted by Crippen LogP contribution is -2.43. The number of hydrazine groups is 1. The van der Waals surface area contributed by atoms with E-state index in [1.165, 1.54) is 26.4 Å². The molecular weight excluding hydrogens is 546 g/mol. The average Bonchev–Trinajstić information content (AvgIpc) is 3.22. The van der Waals surface area contributed by atoms with E-state index in [0.717, 1.165) is 5.01 Å². The highest BCUT2D eigenvalue weighted by Crippen LogP contribution is 2.31. The van der Waals surface area contributed by atoms with Crippen LogP contribution >= 0.6 is 27.5 Å². The summed E-state index contributed by atoms with van der Waals surface area (Å²) in [5.74, 6) is -2.34. The highest BCUT2D eigenvalue weighted by atomic mass is 79.9. The molecule has 0 spiro atoms. The third-order valence-corrected chi connectivity index (χ3v) is 6.64. The van der Waals surface area contributed by atoms with E-state index in [9.17, 15) is 19.2 Å². The molecule has 0 unspecified atom stereocenters. The molecule has 0 radical (unpaired) electrons. The fourth-order valence-corrected chi connectivity index (χ4v) is 3.92. The minimum atomic E-state index is -0.834. The van der Waals surface area contributed by atoms with Crippen molar-refractivity contribution in [2.75, 3.05) is 32.7 Å². The van der Waals surface area contributed by atoms with Crippen molar-refractivity contribution in [2.45, 2.75) is 13.3 Å². The van der Waals surface area contributed by atoms with Crippen molar-refractivity contribution in [1.29, 1.82) is 0 Å². The molecular formula is C23H23BrClN3O7. The van der Waals surface area contributed by atoms with Crippen molar-refractivity contribution in [1.82, 2.24) is 10.4 Å². The molecule has 1 saturated heterocycles. The summed E-state index contributed by atoms with van der Waals surface area (Å²) in [6.45, 7) is 1.11. The van der Waals surface area contributed by atoms with Gasteiger partial charge in [-0.15, -0.1) is 0 Å². The number of esters is 1. The van der Waals surface area contributed by atoms with E-state index in [2.05, 4.69) is 26.7 Å². The zero-order chi connectivity index (χ0) is 25.7. The Morgan fingerprint density at radius 1 is 1.14 bits per heavy atom. The molecule has 2 N–H and O–H groups in total. The van der Waals surface area contributed by atoms with Crippen molar-refractivity contribution in [3.8, 4) is 11.5 Å². The zero-order valence-electron chi connectivity index (χ0n) is 19.1. The summed E-state index contributed by atoms with van der Waals surface area (Å²) in [5.41, 5.74) is 3.82. The maximum Gasteiger partial charge on any atom is 0.311 e. The van der Waals surface area contributed by atoms with Crippen molar-refractivity contribution >= 4 is 56.9 Å². The van der Waals surface area contributed by atoms with Gasteiger partial charge in [0.05, 0.1) is 31.7 Å². The van der Waals surface area contributed by atoms with Gasteiger partial charge >= 0.3 is 5.97 Å². The fraction of sp³-hybridized carbons (Fsp3) is 0.304. The number of ether oxygens (including phenoxy) is 3. The molecule has 10 nitrogen and oxygen atoms in total. The number of anilines is 1. The fourth-order valence-electron chi connectivity index (χ4n) is 3.33. The molecule has 3 rings (SSSR count). The lowest BCUT2D eigenvalue weighted by Gasteiger charge is -2.18. The van der Waals surface area contributed by atoms with E-state index in [-0.39, 0.29) is 18.5 Å². The first-order chi connectivity index (χ1) is 16.6. The Balaban J connectivity index is 1.54. The number of nitrogens with zero attached hydrogens (tertiary/aromatic N) is 1. The van der Waals surface area contributed by atoms with Crippen LogP contribution in [0.2, 0.25) is 5.02 Å². The molecule has 1 heterocycles. The number of hydrogen-bond acceptors (Lipinski definition) is 7. The van der Waals surface area contributed by atoms with Gasteiger partial charge in [0.25, 0.3) is 11.8 Å². The zero-order valence-corrected chi connectivity index (χ0v) is 21.5. The lowest BCUT2D eigenvalue weighted by molar-refractivity contribution is -0.151. The van der Waals surface area contributed by atoms with Crippen LogP contribution in [0.15, 0.2) is 34.8 Å². The van der Waals surface area contributed by atoms with Crippen LogP contribution in [0, 0.1) is 12.8 Å². The van der Waals surface area contributed by atoms with Crippen LogP contribution in [0.25, 0.3) is 0 Å². The van der Waals surface area contributed by atoms with Gasteiger partial charge in [0.1, 0.15) is 11.5 Å². The molecule has 1 aliphatic rings. The Morgan fingerprint density at radius 2 is 1.80 bits per heavy atom. The van der Waals surface area contributed by atoms with Gasteiger partial charge in [-0.25, -0.2) is 0 Å². The Bertz CT molecular complexity index is 1150. The molecule has 1 aliphatic heterocycles. The summed E-state index contributed by atoms with van der Waals surface area (Å²) in [6, 6.07) is 7.93. The number of carbonyl (C=O) groups excluding carboxylic acids is 4. The highest BCUT2D eigenvalue weighted by molar-refractivity contribution is 9.10. The smallest absolute Gasteiger partial charge is 0.311 e. The Hall–Kier alpha value is -3.31. The van der Waals surface area contributed by atoms with E-state index < -0.39 is 36.2 Å². The van der Waals surface area contributed by atoms with E-state index in [0.29, 0.717) is 32.2 Å². The Labute approximate surface area is 214 Å². The molecule has 2 aromatic rings. The molecule has 2 aromatic carbocycles. The number of benzene rings is 2. The maximum atomic E-state index is 12.6. The first-order valence-electron chi connectivity index (χ1n) is 10.4. The second kappa shape index (κ2) is 11.4. The minimum absolute atomic E-state index is 0.0897. The summed E-state index contributed by atoms with van der Waals surface area (Å²) < 4.78 is 16.1. The monoisotopic (exact) mass is 567 g/mol. The van der Waals surface area contributed by atoms with Crippen LogP contribution in [0.4, 0.5) is 5.69 Å². The van der Waals surface area contributed by atoms with Crippen molar-refractivity contribution in [2.24, 2.45) is 5.92 Å². The van der Waals surface area contributed by atoms with Gasteiger partial charge < -0.3 is 19.5 Å². The molecule has 3 amide bonds. The second-order valence-corrected chi connectivity index (χ2v) is 8.87. The van der Waals surface area contributed by atoms with Crippen molar-refractivity contribution in [3.63, 3.8) is 0 Å². The summed E-state index contributed by atoms with van der Waals surface area (Å²) in [4.78, 5) is 49.6. The molecule has 1 atom stereocenters. The lowest BCUT2D eigenvalue weighted by atomic mass is 10.1. The molecule has 0 saturated carbocycles. The van der Waals surface area contributed by atoms with Gasteiger partial charge in [0, 0.05) is 28.2 Å². The summed E-state index contributed by atoms with van der Waals surface area (Å²) in [5, 5.41) is 4.13. The Kier molecular flexibility index (Phi) is 8.57. The number of methoxy groups -OCH3 is 2. The number of halogens is 2. The van der Waals surface area contributed by atoms with Crippen molar-refractivity contribution in [3.05, 3.63) is 51.0 Å². The molecule has 12 heteroatoms. The van der Waals surface area contributed by atoms with E-state index in [4.69, 9.17) is 25.8 Å². The number of amides is 3. The molecule has 0 aromatic heterocycles. The van der Waals surface area contributed by atoms with Gasteiger partial charge in [-0.1, -0.05) is 11.6 Å². The largest absolute Gasteiger partial charge is 0.497 e. The predicted octanol–water partition coefficient (Wildman–Crippen LogP) is 3.10. The average molecular weight is 569 g/mol. The van der Waals surface area contributed by atoms with Gasteiger partial charge in [0.15, 0.2) is 6.61 Å². The standard InChI is InChI=1S/C23H23BrClN3O7/c1-12-18(5-4-17(24)21(12)25)26-19(29)11-35-23(32)14-8-20(30)28(10-14)27-22(31)13-6-15(33-2)9-16(7-13)34-3/h4-7,9,14H,8,10-11H2,1-3H3,(H,26,29)(H,27,31)/t14-/m1/s1. The van der Waals surface area contributed by atoms with E-state index >= 15 is 0 Å².